The van der Waals surface area contributed by atoms with Gasteiger partial charge < -0.3 is 29.0 Å². The lowest BCUT2D eigenvalue weighted by molar-refractivity contribution is 0.00664. The van der Waals surface area contributed by atoms with Crippen LogP contribution in [0.4, 0.5) is 11.5 Å². The Hall–Kier alpha value is -3.16. The van der Waals surface area contributed by atoms with Gasteiger partial charge in [0, 0.05) is 30.9 Å². The van der Waals surface area contributed by atoms with Crippen LogP contribution in [0.5, 0.6) is 11.5 Å². The first-order chi connectivity index (χ1) is 15.3. The van der Waals surface area contributed by atoms with Crippen LogP contribution in [-0.2, 0) is 4.74 Å². The topological polar surface area (TPSA) is 84.1 Å². The highest BCUT2D eigenvalue weighted by Crippen LogP contribution is 2.39. The highest BCUT2D eigenvalue weighted by atomic mass is 16.6. The fourth-order valence-electron chi connectivity index (χ4n) is 4.08. The van der Waals surface area contributed by atoms with Crippen LogP contribution in [0.3, 0.4) is 0 Å². The van der Waals surface area contributed by atoms with Crippen molar-refractivity contribution in [3.63, 3.8) is 0 Å². The molecule has 32 heavy (non-hydrogen) atoms. The minimum Gasteiger partial charge on any atom is -0.496 e. The van der Waals surface area contributed by atoms with Crippen molar-refractivity contribution in [3.05, 3.63) is 35.5 Å². The summed E-state index contributed by atoms with van der Waals surface area (Å²) in [5.41, 5.74) is 1.13. The fraction of sp³-hybridized carbons (Fsp3) is 0.500. The molecular formula is C24H31N3O5. The number of benzene rings is 1. The summed E-state index contributed by atoms with van der Waals surface area (Å²) in [4.78, 5) is 32.7. The molecule has 0 saturated carbocycles. The van der Waals surface area contributed by atoms with Crippen LogP contribution in [-0.4, -0.2) is 60.7 Å². The molecule has 2 aromatic rings. The lowest BCUT2D eigenvalue weighted by Crippen LogP contribution is -2.35. The molecule has 0 spiro atoms. The molecule has 2 aliphatic rings. The second-order valence-electron chi connectivity index (χ2n) is 9.14. The number of nitrogens with one attached hydrogen (secondary N) is 1. The predicted octanol–water partition coefficient (Wildman–Crippen LogP) is 4.14. The van der Waals surface area contributed by atoms with Crippen LogP contribution >= 0.6 is 0 Å². The summed E-state index contributed by atoms with van der Waals surface area (Å²) in [5, 5.41) is 0. The average molecular weight is 442 g/mol. The van der Waals surface area contributed by atoms with Crippen molar-refractivity contribution in [2.24, 2.45) is 0 Å². The van der Waals surface area contributed by atoms with Gasteiger partial charge in [-0.2, -0.15) is 0 Å². The van der Waals surface area contributed by atoms with E-state index < -0.39 is 11.6 Å². The van der Waals surface area contributed by atoms with E-state index in [4.69, 9.17) is 14.2 Å². The number of methoxy groups -OCH3 is 1. The Morgan fingerprint density at radius 1 is 1.06 bits per heavy atom. The number of nitrogens with zero attached hydrogens (tertiary/aromatic N) is 2. The number of anilines is 2. The predicted molar refractivity (Wildman–Crippen MR) is 121 cm³/mol. The Balaban J connectivity index is 1.61. The first-order valence-electron chi connectivity index (χ1n) is 11.1. The molecule has 1 amide bonds. The van der Waals surface area contributed by atoms with Gasteiger partial charge in [-0.15, -0.1) is 0 Å². The van der Waals surface area contributed by atoms with Gasteiger partial charge in [0.2, 0.25) is 0 Å². The maximum atomic E-state index is 12.9. The van der Waals surface area contributed by atoms with E-state index in [-0.39, 0.29) is 5.91 Å². The third-order valence-electron chi connectivity index (χ3n) is 5.59. The number of aromatic amines is 1. The van der Waals surface area contributed by atoms with Crippen LogP contribution in [0.15, 0.2) is 24.3 Å². The van der Waals surface area contributed by atoms with Crippen molar-refractivity contribution in [1.82, 2.24) is 9.88 Å². The van der Waals surface area contributed by atoms with Crippen LogP contribution in [0.2, 0.25) is 0 Å². The SMILES string of the molecule is COc1cc(N2CCOc3cc(C(=O)N4CCCCC4)[nH]c32)ccc1C(=O)OC(C)(C)C. The summed E-state index contributed by atoms with van der Waals surface area (Å²) < 4.78 is 16.8. The molecule has 4 rings (SSSR count). The van der Waals surface area contributed by atoms with E-state index in [0.717, 1.165) is 37.4 Å². The number of esters is 1. The van der Waals surface area contributed by atoms with Gasteiger partial charge in [-0.05, 0) is 52.2 Å². The molecule has 0 atom stereocenters. The summed E-state index contributed by atoms with van der Waals surface area (Å²) in [6.45, 7) is 8.14. The van der Waals surface area contributed by atoms with E-state index >= 15 is 0 Å². The second kappa shape index (κ2) is 8.76. The Morgan fingerprint density at radius 2 is 1.81 bits per heavy atom. The first-order valence-corrected chi connectivity index (χ1v) is 11.1. The molecule has 1 aromatic carbocycles. The number of hydrogen-bond donors (Lipinski definition) is 1. The molecule has 0 bridgehead atoms. The molecule has 8 nitrogen and oxygen atoms in total. The zero-order chi connectivity index (χ0) is 22.9. The largest absolute Gasteiger partial charge is 0.496 e. The van der Waals surface area contributed by atoms with Crippen molar-refractivity contribution < 1.29 is 23.8 Å². The van der Waals surface area contributed by atoms with Gasteiger partial charge in [0.1, 0.15) is 29.2 Å². The minimum absolute atomic E-state index is 0.000467. The van der Waals surface area contributed by atoms with Gasteiger partial charge in [-0.25, -0.2) is 4.79 Å². The molecule has 3 heterocycles. The van der Waals surface area contributed by atoms with Crippen molar-refractivity contribution in [2.75, 3.05) is 38.3 Å². The number of amides is 1. The van der Waals surface area contributed by atoms with Crippen molar-refractivity contribution in [2.45, 2.75) is 45.6 Å². The lowest BCUT2D eigenvalue weighted by Gasteiger charge is -2.29. The van der Waals surface area contributed by atoms with Gasteiger partial charge in [0.25, 0.3) is 5.91 Å². The maximum Gasteiger partial charge on any atom is 0.342 e. The van der Waals surface area contributed by atoms with Crippen LogP contribution in [0.1, 0.15) is 60.9 Å². The summed E-state index contributed by atoms with van der Waals surface area (Å²) >= 11 is 0. The number of aromatic nitrogens is 1. The molecule has 1 fully saturated rings. The Morgan fingerprint density at radius 3 is 2.50 bits per heavy atom. The monoisotopic (exact) mass is 441 g/mol. The second-order valence-corrected chi connectivity index (χ2v) is 9.14. The van der Waals surface area contributed by atoms with E-state index in [1.807, 2.05) is 36.6 Å². The number of rotatable bonds is 4. The molecule has 8 heteroatoms. The molecule has 2 aliphatic heterocycles. The van der Waals surface area contributed by atoms with Gasteiger partial charge in [0.05, 0.1) is 13.7 Å². The number of piperidine rings is 1. The smallest absolute Gasteiger partial charge is 0.342 e. The number of carbonyl (C=O) groups is 2. The van der Waals surface area contributed by atoms with E-state index in [1.54, 1.807) is 18.2 Å². The number of hydrogen-bond acceptors (Lipinski definition) is 6. The van der Waals surface area contributed by atoms with Crippen LogP contribution in [0.25, 0.3) is 0 Å². The maximum absolute atomic E-state index is 12.9. The summed E-state index contributed by atoms with van der Waals surface area (Å²) in [5.74, 6) is 1.37. The number of ether oxygens (including phenoxy) is 3. The number of fused-ring (bicyclic) bond motifs is 1. The molecule has 0 radical (unpaired) electrons. The molecule has 172 valence electrons. The van der Waals surface area contributed by atoms with Gasteiger partial charge in [-0.3, -0.25) is 4.79 Å². The van der Waals surface area contributed by atoms with Gasteiger partial charge >= 0.3 is 5.97 Å². The Kier molecular flexibility index (Phi) is 6.04. The van der Waals surface area contributed by atoms with Gasteiger partial charge in [0.15, 0.2) is 11.6 Å². The van der Waals surface area contributed by atoms with E-state index in [0.29, 0.717) is 35.9 Å². The zero-order valence-electron chi connectivity index (χ0n) is 19.2. The summed E-state index contributed by atoms with van der Waals surface area (Å²) in [7, 11) is 1.53. The third-order valence-corrected chi connectivity index (χ3v) is 5.59. The Bertz CT molecular complexity index is 1000. The van der Waals surface area contributed by atoms with Crippen molar-refractivity contribution >= 4 is 23.4 Å². The number of carbonyl (C=O) groups excluding carboxylic acids is 2. The van der Waals surface area contributed by atoms with Crippen LogP contribution < -0.4 is 14.4 Å². The molecule has 1 aromatic heterocycles. The van der Waals surface area contributed by atoms with Crippen LogP contribution in [0, 0.1) is 0 Å². The first kappa shape index (κ1) is 22.0. The number of likely N-dealkylation sites (tertiary alicyclic amines) is 1. The minimum atomic E-state index is -0.596. The normalized spacial score (nSPS) is 16.2. The highest BCUT2D eigenvalue weighted by molar-refractivity contribution is 5.95. The number of H-pyrrole nitrogens is 1. The zero-order valence-corrected chi connectivity index (χ0v) is 19.2. The highest BCUT2D eigenvalue weighted by Gasteiger charge is 2.28. The fourth-order valence-corrected chi connectivity index (χ4v) is 4.08. The summed E-state index contributed by atoms with van der Waals surface area (Å²) in [6, 6.07) is 7.15. The Labute approximate surface area is 188 Å². The molecular weight excluding hydrogens is 410 g/mol. The van der Waals surface area contributed by atoms with Gasteiger partial charge in [-0.1, -0.05) is 0 Å². The molecule has 1 saturated heterocycles. The van der Waals surface area contributed by atoms with E-state index in [1.165, 1.54) is 13.5 Å². The lowest BCUT2D eigenvalue weighted by atomic mass is 10.1. The molecule has 0 aliphatic carbocycles. The quantitative estimate of drug-likeness (QED) is 0.718. The standard InChI is InChI=1S/C24H31N3O5/c1-24(2,3)32-23(29)17-9-8-16(14-19(17)30-4)27-12-13-31-20-15-18(25-21(20)27)22(28)26-10-6-5-7-11-26/h8-9,14-15,25H,5-7,10-13H2,1-4H3. The molecule has 0 unspecified atom stereocenters. The average Bonchev–Trinajstić information content (AvgIpc) is 3.22. The van der Waals surface area contributed by atoms with E-state index in [2.05, 4.69) is 4.98 Å². The summed E-state index contributed by atoms with van der Waals surface area (Å²) in [6.07, 6.45) is 3.25. The third kappa shape index (κ3) is 4.54. The van der Waals surface area contributed by atoms with Crippen molar-refractivity contribution in [3.8, 4) is 11.5 Å². The van der Waals surface area contributed by atoms with E-state index in [9.17, 15) is 9.59 Å². The molecule has 1 N–H and O–H groups in total. The van der Waals surface area contributed by atoms with Crippen molar-refractivity contribution in [1.29, 1.82) is 0 Å².